The summed E-state index contributed by atoms with van der Waals surface area (Å²) < 4.78 is 0. The van der Waals surface area contributed by atoms with Gasteiger partial charge in [-0.25, -0.2) is 0 Å². The number of rotatable bonds is 7. The molecule has 2 rings (SSSR count). The van der Waals surface area contributed by atoms with Crippen molar-refractivity contribution in [2.24, 2.45) is 0 Å². The first-order chi connectivity index (χ1) is 13.4. The van der Waals surface area contributed by atoms with Gasteiger partial charge in [-0.1, -0.05) is 25.5 Å². The molecule has 0 spiro atoms. The van der Waals surface area contributed by atoms with Crippen LogP contribution in [0.2, 0.25) is 0 Å². The summed E-state index contributed by atoms with van der Waals surface area (Å²) in [6.45, 7) is 2.61. The second-order valence-corrected chi connectivity index (χ2v) is 6.28. The summed E-state index contributed by atoms with van der Waals surface area (Å²) in [6, 6.07) is 12.0. The highest BCUT2D eigenvalue weighted by Gasteiger charge is 2.14. The molecule has 0 atom stereocenters. The highest BCUT2D eigenvalue weighted by Crippen LogP contribution is 2.15. The van der Waals surface area contributed by atoms with E-state index in [1.165, 1.54) is 24.3 Å². The first-order valence-electron chi connectivity index (χ1n) is 8.66. The van der Waals surface area contributed by atoms with Gasteiger partial charge in [0.1, 0.15) is 0 Å². The third-order valence-electron chi connectivity index (χ3n) is 3.80. The average Bonchev–Trinajstić information content (AvgIpc) is 2.68. The van der Waals surface area contributed by atoms with Gasteiger partial charge in [-0.15, -0.1) is 0 Å². The van der Waals surface area contributed by atoms with Crippen LogP contribution in [-0.2, 0) is 0 Å². The van der Waals surface area contributed by atoms with Gasteiger partial charge in [-0.05, 0) is 42.9 Å². The van der Waals surface area contributed by atoms with Crippen LogP contribution in [0.1, 0.15) is 40.5 Å². The van der Waals surface area contributed by atoms with E-state index in [1.54, 1.807) is 24.3 Å². The quantitative estimate of drug-likeness (QED) is 0.285. The molecular formula is C19H20N4O4S. The maximum atomic E-state index is 12.3. The van der Waals surface area contributed by atoms with Crippen molar-refractivity contribution in [1.29, 1.82) is 0 Å². The SMILES string of the molecule is CCCCNC(=O)c1ccccc1NC(=S)NC(=O)c1ccc([N+](=O)[O-])cc1. The van der Waals surface area contributed by atoms with E-state index in [2.05, 4.69) is 16.0 Å². The molecular weight excluding hydrogens is 380 g/mol. The number of nitrogens with zero attached hydrogens (tertiary/aromatic N) is 1. The zero-order chi connectivity index (χ0) is 20.5. The van der Waals surface area contributed by atoms with E-state index in [0.29, 0.717) is 17.8 Å². The van der Waals surface area contributed by atoms with Gasteiger partial charge >= 0.3 is 0 Å². The smallest absolute Gasteiger partial charge is 0.269 e. The number of non-ortho nitro benzene ring substituents is 1. The van der Waals surface area contributed by atoms with Crippen LogP contribution in [0.25, 0.3) is 0 Å². The Morgan fingerprint density at radius 2 is 1.75 bits per heavy atom. The lowest BCUT2D eigenvalue weighted by Gasteiger charge is -2.13. The van der Waals surface area contributed by atoms with Crippen LogP contribution in [0.4, 0.5) is 11.4 Å². The fourth-order valence-corrected chi connectivity index (χ4v) is 2.53. The molecule has 0 unspecified atom stereocenters. The van der Waals surface area contributed by atoms with Crippen molar-refractivity contribution < 1.29 is 14.5 Å². The van der Waals surface area contributed by atoms with E-state index in [4.69, 9.17) is 12.2 Å². The average molecular weight is 400 g/mol. The minimum Gasteiger partial charge on any atom is -0.352 e. The van der Waals surface area contributed by atoms with Gasteiger partial charge in [-0.2, -0.15) is 0 Å². The number of benzene rings is 2. The Hall–Kier alpha value is -3.33. The summed E-state index contributed by atoms with van der Waals surface area (Å²) in [6.07, 6.45) is 1.85. The van der Waals surface area contributed by atoms with Gasteiger partial charge in [0.15, 0.2) is 5.11 Å². The van der Waals surface area contributed by atoms with Crippen molar-refractivity contribution >= 4 is 40.5 Å². The van der Waals surface area contributed by atoms with Crippen LogP contribution < -0.4 is 16.0 Å². The molecule has 2 aromatic rings. The van der Waals surface area contributed by atoms with Crippen LogP contribution in [-0.4, -0.2) is 28.4 Å². The number of carbonyl (C=O) groups is 2. The molecule has 0 heterocycles. The number of thiocarbonyl (C=S) groups is 1. The van der Waals surface area contributed by atoms with E-state index in [1.807, 2.05) is 6.92 Å². The lowest BCUT2D eigenvalue weighted by atomic mass is 10.1. The number of anilines is 1. The largest absolute Gasteiger partial charge is 0.352 e. The molecule has 0 aromatic heterocycles. The maximum absolute atomic E-state index is 12.3. The molecule has 0 aliphatic heterocycles. The van der Waals surface area contributed by atoms with Gasteiger partial charge in [0.2, 0.25) is 0 Å². The number of hydrogen-bond donors (Lipinski definition) is 3. The third-order valence-corrected chi connectivity index (χ3v) is 4.01. The second kappa shape index (κ2) is 10.1. The first kappa shape index (κ1) is 21.0. The Balaban J connectivity index is 2.01. The molecule has 9 heteroatoms. The van der Waals surface area contributed by atoms with Gasteiger partial charge in [0.25, 0.3) is 17.5 Å². The lowest BCUT2D eigenvalue weighted by Crippen LogP contribution is -2.35. The predicted molar refractivity (Wildman–Crippen MR) is 110 cm³/mol. The van der Waals surface area contributed by atoms with Crippen molar-refractivity contribution in [2.75, 3.05) is 11.9 Å². The van der Waals surface area contributed by atoms with Crippen molar-refractivity contribution in [3.63, 3.8) is 0 Å². The molecule has 28 heavy (non-hydrogen) atoms. The summed E-state index contributed by atoms with van der Waals surface area (Å²) in [7, 11) is 0. The highest BCUT2D eigenvalue weighted by atomic mass is 32.1. The molecule has 8 nitrogen and oxygen atoms in total. The van der Waals surface area contributed by atoms with E-state index in [0.717, 1.165) is 12.8 Å². The summed E-state index contributed by atoms with van der Waals surface area (Å²) in [5.41, 5.74) is 0.983. The zero-order valence-corrected chi connectivity index (χ0v) is 16.0. The molecule has 2 aromatic carbocycles. The van der Waals surface area contributed by atoms with Crippen LogP contribution in [0.15, 0.2) is 48.5 Å². The molecule has 0 aliphatic rings. The molecule has 0 saturated carbocycles. The fourth-order valence-electron chi connectivity index (χ4n) is 2.33. The van der Waals surface area contributed by atoms with Gasteiger partial charge in [0, 0.05) is 24.2 Å². The lowest BCUT2D eigenvalue weighted by molar-refractivity contribution is -0.384. The summed E-state index contributed by atoms with van der Waals surface area (Å²) in [5, 5.41) is 18.8. The molecule has 0 aliphatic carbocycles. The summed E-state index contributed by atoms with van der Waals surface area (Å²) in [4.78, 5) is 34.7. The van der Waals surface area contributed by atoms with E-state index in [9.17, 15) is 19.7 Å². The van der Waals surface area contributed by atoms with Crippen LogP contribution in [0.5, 0.6) is 0 Å². The molecule has 3 N–H and O–H groups in total. The Labute approximate surface area is 167 Å². The normalized spacial score (nSPS) is 10.0. The zero-order valence-electron chi connectivity index (χ0n) is 15.2. The number of nitro benzene ring substituents is 1. The maximum Gasteiger partial charge on any atom is 0.269 e. The topological polar surface area (TPSA) is 113 Å². The first-order valence-corrected chi connectivity index (χ1v) is 9.07. The van der Waals surface area contributed by atoms with Crippen LogP contribution in [0.3, 0.4) is 0 Å². The van der Waals surface area contributed by atoms with Gasteiger partial charge in [0.05, 0.1) is 16.2 Å². The van der Waals surface area contributed by atoms with E-state index >= 15 is 0 Å². The number of hydrogen-bond acceptors (Lipinski definition) is 5. The Bertz CT molecular complexity index is 884. The van der Waals surface area contributed by atoms with Crippen molar-refractivity contribution in [1.82, 2.24) is 10.6 Å². The minimum absolute atomic E-state index is 0.0113. The van der Waals surface area contributed by atoms with Crippen LogP contribution in [0, 0.1) is 10.1 Å². The number of nitro groups is 1. The number of amides is 2. The van der Waals surface area contributed by atoms with Crippen LogP contribution >= 0.6 is 12.2 Å². The molecule has 0 radical (unpaired) electrons. The summed E-state index contributed by atoms with van der Waals surface area (Å²) >= 11 is 5.15. The Morgan fingerprint density at radius 1 is 1.07 bits per heavy atom. The van der Waals surface area contributed by atoms with Crippen molar-refractivity contribution in [3.05, 3.63) is 69.8 Å². The molecule has 0 saturated heterocycles. The monoisotopic (exact) mass is 400 g/mol. The molecule has 0 bridgehead atoms. The standard InChI is InChI=1S/C19H20N4O4S/c1-2-3-12-20-18(25)15-6-4-5-7-16(15)21-19(28)22-17(24)13-8-10-14(11-9-13)23(26)27/h4-11H,2-3,12H2,1H3,(H,20,25)(H2,21,22,24,28). The number of unbranched alkanes of at least 4 members (excludes halogenated alkanes) is 1. The second-order valence-electron chi connectivity index (χ2n) is 5.87. The summed E-state index contributed by atoms with van der Waals surface area (Å²) in [5.74, 6) is -0.752. The fraction of sp³-hybridized carbons (Fsp3) is 0.211. The molecule has 2 amide bonds. The minimum atomic E-state index is -0.545. The number of para-hydroxylation sites is 1. The molecule has 0 fully saturated rings. The van der Waals surface area contributed by atoms with Crippen molar-refractivity contribution in [3.8, 4) is 0 Å². The highest BCUT2D eigenvalue weighted by molar-refractivity contribution is 7.80. The Morgan fingerprint density at radius 3 is 2.39 bits per heavy atom. The number of carbonyl (C=O) groups excluding carboxylic acids is 2. The number of nitrogens with one attached hydrogen (secondary N) is 3. The van der Waals surface area contributed by atoms with Gasteiger partial charge in [-0.3, -0.25) is 25.0 Å². The molecule has 146 valence electrons. The van der Waals surface area contributed by atoms with E-state index in [-0.39, 0.29) is 22.3 Å². The van der Waals surface area contributed by atoms with Crippen molar-refractivity contribution in [2.45, 2.75) is 19.8 Å². The van der Waals surface area contributed by atoms with Gasteiger partial charge < -0.3 is 10.6 Å². The Kier molecular flexibility index (Phi) is 7.58. The third kappa shape index (κ3) is 5.85. The van der Waals surface area contributed by atoms with E-state index < -0.39 is 10.8 Å². The predicted octanol–water partition coefficient (Wildman–Crippen LogP) is 3.25.